The summed E-state index contributed by atoms with van der Waals surface area (Å²) < 4.78 is 1.65. The highest BCUT2D eigenvalue weighted by Crippen LogP contribution is 2.18. The van der Waals surface area contributed by atoms with E-state index in [2.05, 4.69) is 20.7 Å². The van der Waals surface area contributed by atoms with Gasteiger partial charge in [0.25, 0.3) is 0 Å². The molecule has 0 aliphatic heterocycles. The first-order chi connectivity index (χ1) is 10.2. The second kappa shape index (κ2) is 5.24. The summed E-state index contributed by atoms with van der Waals surface area (Å²) in [6.07, 6.45) is 1.68. The molecule has 0 unspecified atom stereocenters. The van der Waals surface area contributed by atoms with Crippen LogP contribution in [0.2, 0.25) is 0 Å². The molecule has 0 fully saturated rings. The molecule has 6 nitrogen and oxygen atoms in total. The van der Waals surface area contributed by atoms with Gasteiger partial charge in [0.2, 0.25) is 0 Å². The molecule has 6 heteroatoms. The van der Waals surface area contributed by atoms with Gasteiger partial charge in [0.1, 0.15) is 0 Å². The number of hydrogen-bond donors (Lipinski definition) is 2. The van der Waals surface area contributed by atoms with Crippen LogP contribution in [-0.4, -0.2) is 27.7 Å². The van der Waals surface area contributed by atoms with Gasteiger partial charge >= 0.3 is 6.03 Å². The van der Waals surface area contributed by atoms with Crippen molar-refractivity contribution in [3.05, 3.63) is 48.2 Å². The molecule has 2 heterocycles. The third-order valence-corrected chi connectivity index (χ3v) is 3.14. The fourth-order valence-corrected chi connectivity index (χ4v) is 2.00. The number of anilines is 1. The second-order valence-electron chi connectivity index (χ2n) is 4.72. The number of urea groups is 1. The van der Waals surface area contributed by atoms with E-state index in [0.717, 1.165) is 11.3 Å². The van der Waals surface area contributed by atoms with Gasteiger partial charge in [-0.05, 0) is 19.1 Å². The van der Waals surface area contributed by atoms with E-state index in [1.54, 1.807) is 17.8 Å². The number of fused-ring (bicyclic) bond motifs is 1. The highest BCUT2D eigenvalue weighted by Gasteiger charge is 2.07. The number of amides is 2. The molecule has 0 spiro atoms. The lowest BCUT2D eigenvalue weighted by Gasteiger charge is -2.01. The lowest BCUT2D eigenvalue weighted by atomic mass is 10.1. The molecular formula is C15H15N5O. The molecule has 3 rings (SSSR count). The first-order valence-corrected chi connectivity index (χ1v) is 6.58. The van der Waals surface area contributed by atoms with Gasteiger partial charge in [-0.15, -0.1) is 0 Å². The highest BCUT2D eigenvalue weighted by atomic mass is 16.2. The number of aromatic nitrogens is 3. The average molecular weight is 281 g/mol. The zero-order valence-electron chi connectivity index (χ0n) is 11.8. The standard InChI is InChI=1S/C15H15N5O/c1-10-3-5-11(6-4-10)12-7-8-14-17-13(9-20(14)19-12)18-15(21)16-2/h3-9H,1-2H3,(H2,16,18,21). The Bertz CT molecular complexity index is 791. The average Bonchev–Trinajstić information content (AvgIpc) is 2.89. The molecule has 0 aliphatic carbocycles. The third kappa shape index (κ3) is 2.69. The molecule has 0 atom stereocenters. The van der Waals surface area contributed by atoms with Crippen molar-refractivity contribution in [1.82, 2.24) is 19.9 Å². The van der Waals surface area contributed by atoms with Gasteiger partial charge in [-0.25, -0.2) is 14.3 Å². The Morgan fingerprint density at radius 1 is 1.14 bits per heavy atom. The Kier molecular flexibility index (Phi) is 3.27. The van der Waals surface area contributed by atoms with E-state index in [9.17, 15) is 4.79 Å². The van der Waals surface area contributed by atoms with Crippen molar-refractivity contribution in [1.29, 1.82) is 0 Å². The SMILES string of the molecule is CNC(=O)Nc1cn2nc(-c3ccc(C)cc3)ccc2n1. The maximum atomic E-state index is 11.3. The van der Waals surface area contributed by atoms with Gasteiger partial charge in [0.15, 0.2) is 11.5 Å². The summed E-state index contributed by atoms with van der Waals surface area (Å²) in [5.41, 5.74) is 3.78. The lowest BCUT2D eigenvalue weighted by molar-refractivity contribution is 0.254. The topological polar surface area (TPSA) is 71.3 Å². The molecule has 106 valence electrons. The van der Waals surface area contributed by atoms with Gasteiger partial charge in [0.05, 0.1) is 11.9 Å². The van der Waals surface area contributed by atoms with Crippen LogP contribution in [0.4, 0.5) is 10.6 Å². The Balaban J connectivity index is 1.96. The number of nitrogens with zero attached hydrogens (tertiary/aromatic N) is 3. The van der Waals surface area contributed by atoms with Gasteiger partial charge in [-0.2, -0.15) is 5.10 Å². The fourth-order valence-electron chi connectivity index (χ4n) is 2.00. The zero-order valence-corrected chi connectivity index (χ0v) is 11.8. The Morgan fingerprint density at radius 2 is 1.90 bits per heavy atom. The molecule has 2 amide bonds. The van der Waals surface area contributed by atoms with Crippen molar-refractivity contribution in [2.75, 3.05) is 12.4 Å². The molecular weight excluding hydrogens is 266 g/mol. The van der Waals surface area contributed by atoms with Crippen LogP contribution in [0.3, 0.4) is 0 Å². The summed E-state index contributed by atoms with van der Waals surface area (Å²) in [7, 11) is 1.55. The molecule has 21 heavy (non-hydrogen) atoms. The van der Waals surface area contributed by atoms with Crippen molar-refractivity contribution in [2.45, 2.75) is 6.92 Å². The van der Waals surface area contributed by atoms with Crippen LogP contribution in [0.5, 0.6) is 0 Å². The minimum absolute atomic E-state index is 0.308. The monoisotopic (exact) mass is 281 g/mol. The number of imidazole rings is 1. The van der Waals surface area contributed by atoms with Gasteiger partial charge in [-0.1, -0.05) is 29.8 Å². The molecule has 0 radical (unpaired) electrons. The Morgan fingerprint density at radius 3 is 2.62 bits per heavy atom. The van der Waals surface area contributed by atoms with Crippen LogP contribution in [0.1, 0.15) is 5.56 Å². The number of aryl methyl sites for hydroxylation is 1. The second-order valence-corrected chi connectivity index (χ2v) is 4.72. The normalized spacial score (nSPS) is 10.6. The van der Waals surface area contributed by atoms with E-state index in [0.29, 0.717) is 11.5 Å². The van der Waals surface area contributed by atoms with Crippen LogP contribution in [0.25, 0.3) is 16.9 Å². The van der Waals surface area contributed by atoms with E-state index in [1.807, 2.05) is 43.3 Å². The summed E-state index contributed by atoms with van der Waals surface area (Å²) in [6.45, 7) is 2.05. The predicted octanol–water partition coefficient (Wildman–Crippen LogP) is 2.46. The number of nitrogens with one attached hydrogen (secondary N) is 2. The highest BCUT2D eigenvalue weighted by molar-refractivity contribution is 5.88. The van der Waals surface area contributed by atoms with Crippen molar-refractivity contribution in [3.8, 4) is 11.3 Å². The van der Waals surface area contributed by atoms with Crippen LogP contribution in [0.15, 0.2) is 42.6 Å². The summed E-state index contributed by atoms with van der Waals surface area (Å²) in [6, 6.07) is 11.6. The maximum Gasteiger partial charge on any atom is 0.320 e. The smallest absolute Gasteiger partial charge is 0.320 e. The molecule has 0 aliphatic rings. The minimum atomic E-state index is -0.308. The fraction of sp³-hybridized carbons (Fsp3) is 0.133. The molecule has 0 saturated carbocycles. The minimum Gasteiger partial charge on any atom is -0.341 e. The summed E-state index contributed by atoms with van der Waals surface area (Å²) in [5, 5.41) is 9.62. The van der Waals surface area contributed by atoms with E-state index in [4.69, 9.17) is 0 Å². The zero-order chi connectivity index (χ0) is 14.8. The van der Waals surface area contributed by atoms with Crippen molar-refractivity contribution < 1.29 is 4.79 Å². The maximum absolute atomic E-state index is 11.3. The van der Waals surface area contributed by atoms with E-state index in [-0.39, 0.29) is 6.03 Å². The number of rotatable bonds is 2. The molecule has 3 aromatic rings. The van der Waals surface area contributed by atoms with Crippen molar-refractivity contribution in [3.63, 3.8) is 0 Å². The third-order valence-electron chi connectivity index (χ3n) is 3.14. The number of benzene rings is 1. The predicted molar refractivity (Wildman–Crippen MR) is 81.2 cm³/mol. The first kappa shape index (κ1) is 13.1. The van der Waals surface area contributed by atoms with Crippen molar-refractivity contribution >= 4 is 17.5 Å². The molecule has 1 aromatic carbocycles. The summed E-state index contributed by atoms with van der Waals surface area (Å²) >= 11 is 0. The first-order valence-electron chi connectivity index (χ1n) is 6.58. The van der Waals surface area contributed by atoms with Crippen LogP contribution < -0.4 is 10.6 Å². The molecule has 0 saturated heterocycles. The quantitative estimate of drug-likeness (QED) is 0.758. The Hall–Kier alpha value is -2.89. The summed E-state index contributed by atoms with van der Waals surface area (Å²) in [5.74, 6) is 0.461. The summed E-state index contributed by atoms with van der Waals surface area (Å²) in [4.78, 5) is 15.6. The molecule has 0 bridgehead atoms. The van der Waals surface area contributed by atoms with E-state index < -0.39 is 0 Å². The molecule has 2 N–H and O–H groups in total. The van der Waals surface area contributed by atoms with E-state index in [1.165, 1.54) is 5.56 Å². The Labute approximate surface area is 121 Å². The van der Waals surface area contributed by atoms with Crippen molar-refractivity contribution in [2.24, 2.45) is 0 Å². The van der Waals surface area contributed by atoms with Gasteiger partial charge in [-0.3, -0.25) is 5.32 Å². The van der Waals surface area contributed by atoms with Gasteiger partial charge in [0, 0.05) is 12.6 Å². The van der Waals surface area contributed by atoms with Crippen LogP contribution in [0, 0.1) is 6.92 Å². The lowest BCUT2D eigenvalue weighted by Crippen LogP contribution is -2.24. The van der Waals surface area contributed by atoms with Crippen LogP contribution in [-0.2, 0) is 0 Å². The number of hydrogen-bond acceptors (Lipinski definition) is 3. The van der Waals surface area contributed by atoms with Gasteiger partial charge < -0.3 is 5.32 Å². The number of carbonyl (C=O) groups excluding carboxylic acids is 1. The molecule has 2 aromatic heterocycles. The largest absolute Gasteiger partial charge is 0.341 e. The van der Waals surface area contributed by atoms with E-state index >= 15 is 0 Å². The van der Waals surface area contributed by atoms with Crippen LogP contribution >= 0.6 is 0 Å². The number of carbonyl (C=O) groups is 1.